The summed E-state index contributed by atoms with van der Waals surface area (Å²) < 4.78 is 13.3. The highest BCUT2D eigenvalue weighted by molar-refractivity contribution is 6.33. The van der Waals surface area contributed by atoms with E-state index in [4.69, 9.17) is 25.7 Å². The molecule has 0 fully saturated rings. The van der Waals surface area contributed by atoms with Gasteiger partial charge in [0, 0.05) is 24.4 Å². The Bertz CT molecular complexity index is 1490. The number of halogens is 1. The summed E-state index contributed by atoms with van der Waals surface area (Å²) >= 11 is 6.47. The zero-order chi connectivity index (χ0) is 23.1. The molecule has 0 spiro atoms. The van der Waals surface area contributed by atoms with Gasteiger partial charge in [-0.05, 0) is 55.8 Å². The third kappa shape index (κ3) is 3.72. The van der Waals surface area contributed by atoms with E-state index in [0.717, 1.165) is 50.6 Å². The summed E-state index contributed by atoms with van der Waals surface area (Å²) in [6, 6.07) is 17.9. The van der Waals surface area contributed by atoms with Crippen molar-refractivity contribution < 1.29 is 9.15 Å². The van der Waals surface area contributed by atoms with Crippen molar-refractivity contribution in [2.45, 2.75) is 13.8 Å². The number of aromatic nitrogens is 3. The van der Waals surface area contributed by atoms with Crippen molar-refractivity contribution in [2.75, 3.05) is 12.4 Å². The van der Waals surface area contributed by atoms with Crippen LogP contribution in [0.25, 0.3) is 33.7 Å². The van der Waals surface area contributed by atoms with E-state index in [9.17, 15) is 0 Å². The van der Waals surface area contributed by atoms with Crippen LogP contribution in [0.4, 0.5) is 11.4 Å². The largest absolute Gasteiger partial charge is 0.496 e. The Morgan fingerprint density at radius 1 is 1.03 bits per heavy atom. The lowest BCUT2D eigenvalue weighted by Gasteiger charge is -2.12. The molecule has 0 aliphatic carbocycles. The van der Waals surface area contributed by atoms with E-state index < -0.39 is 0 Å². The molecule has 5 rings (SSSR count). The Labute approximate surface area is 196 Å². The third-order valence-corrected chi connectivity index (χ3v) is 6.05. The van der Waals surface area contributed by atoms with Crippen molar-refractivity contribution in [1.82, 2.24) is 14.5 Å². The van der Waals surface area contributed by atoms with E-state index in [-0.39, 0.29) is 0 Å². The van der Waals surface area contributed by atoms with Crippen LogP contribution < -0.4 is 10.1 Å². The number of nitrogens with zero attached hydrogens (tertiary/aromatic N) is 3. The van der Waals surface area contributed by atoms with Gasteiger partial charge < -0.3 is 19.0 Å². The smallest absolute Gasteiger partial charge is 0.181 e. The maximum atomic E-state index is 6.47. The molecule has 0 amide bonds. The maximum Gasteiger partial charge on any atom is 0.181 e. The molecule has 2 heterocycles. The van der Waals surface area contributed by atoms with Crippen molar-refractivity contribution in [2.24, 2.45) is 7.05 Å². The molecule has 0 unspecified atom stereocenters. The Hall–Kier alpha value is -3.77. The van der Waals surface area contributed by atoms with E-state index in [1.807, 2.05) is 56.4 Å². The molecular formula is C26H23ClN4O2. The van der Waals surface area contributed by atoms with Gasteiger partial charge in [0.25, 0.3) is 0 Å². The first-order chi connectivity index (χ1) is 16.0. The molecule has 2 aromatic heterocycles. The van der Waals surface area contributed by atoms with Crippen LogP contribution in [-0.4, -0.2) is 21.6 Å². The summed E-state index contributed by atoms with van der Waals surface area (Å²) in [5.41, 5.74) is 7.37. The number of aryl methyl sites for hydroxylation is 3. The average molecular weight is 459 g/mol. The van der Waals surface area contributed by atoms with E-state index in [1.165, 1.54) is 6.39 Å². The summed E-state index contributed by atoms with van der Waals surface area (Å²) in [6.45, 7) is 3.98. The Morgan fingerprint density at radius 2 is 1.85 bits per heavy atom. The molecule has 0 atom stereocenters. The number of hydrogen-bond acceptors (Lipinski definition) is 5. The number of rotatable bonds is 5. The van der Waals surface area contributed by atoms with Gasteiger partial charge in [-0.15, -0.1) is 0 Å². The number of fused-ring (bicyclic) bond motifs is 1. The number of ether oxygens (including phenoxy) is 1. The highest BCUT2D eigenvalue weighted by Gasteiger charge is 2.17. The van der Waals surface area contributed by atoms with Crippen LogP contribution in [0.3, 0.4) is 0 Å². The first kappa shape index (κ1) is 21.1. The van der Waals surface area contributed by atoms with Gasteiger partial charge in [0.05, 0.1) is 34.6 Å². The van der Waals surface area contributed by atoms with Crippen LogP contribution in [0.1, 0.15) is 11.3 Å². The first-order valence-electron chi connectivity index (χ1n) is 10.5. The van der Waals surface area contributed by atoms with Crippen LogP contribution in [0.15, 0.2) is 65.4 Å². The number of benzene rings is 3. The fourth-order valence-electron chi connectivity index (χ4n) is 4.08. The third-order valence-electron chi connectivity index (χ3n) is 5.72. The monoisotopic (exact) mass is 458 g/mol. The lowest BCUT2D eigenvalue weighted by molar-refractivity contribution is 0.415. The summed E-state index contributed by atoms with van der Waals surface area (Å²) in [4.78, 5) is 9.14. The van der Waals surface area contributed by atoms with E-state index in [2.05, 4.69) is 33.9 Å². The van der Waals surface area contributed by atoms with Crippen LogP contribution in [0.2, 0.25) is 5.02 Å². The minimum absolute atomic E-state index is 0.671. The van der Waals surface area contributed by atoms with Gasteiger partial charge in [0.2, 0.25) is 0 Å². The number of hydrogen-bond donors (Lipinski definition) is 1. The van der Waals surface area contributed by atoms with Crippen LogP contribution in [-0.2, 0) is 7.05 Å². The highest BCUT2D eigenvalue weighted by atomic mass is 35.5. The van der Waals surface area contributed by atoms with Gasteiger partial charge in [-0.1, -0.05) is 23.7 Å². The standard InChI is InChI=1S/C26H23ClN4O2/c1-15-11-21(24-22(12-15)31(3)26(30-24)18-7-5-6-8-20(18)27)29-17-9-10-19(23(13-17)32-4)25-16(2)28-14-33-25/h5-14,29H,1-4H3. The van der Waals surface area contributed by atoms with Crippen LogP contribution in [0, 0.1) is 13.8 Å². The van der Waals surface area contributed by atoms with Crippen molar-refractivity contribution in [1.29, 1.82) is 0 Å². The Kier molecular flexibility index (Phi) is 5.30. The van der Waals surface area contributed by atoms with Gasteiger partial charge in [-0.25, -0.2) is 9.97 Å². The Morgan fingerprint density at radius 3 is 2.58 bits per heavy atom. The van der Waals surface area contributed by atoms with Crippen molar-refractivity contribution in [3.05, 3.63) is 77.3 Å². The molecular weight excluding hydrogens is 436 g/mol. The fourth-order valence-corrected chi connectivity index (χ4v) is 4.30. The number of imidazole rings is 1. The summed E-state index contributed by atoms with van der Waals surface area (Å²) in [5.74, 6) is 2.21. The van der Waals surface area contributed by atoms with Crippen molar-refractivity contribution >= 4 is 34.0 Å². The quantitative estimate of drug-likeness (QED) is 0.309. The highest BCUT2D eigenvalue weighted by Crippen LogP contribution is 2.37. The molecule has 6 nitrogen and oxygen atoms in total. The zero-order valence-corrected chi connectivity index (χ0v) is 19.6. The number of oxazole rings is 1. The molecule has 0 aliphatic heterocycles. The fraction of sp³-hybridized carbons (Fsp3) is 0.154. The molecule has 3 aromatic carbocycles. The Balaban J connectivity index is 1.59. The minimum Gasteiger partial charge on any atom is -0.496 e. The van der Waals surface area contributed by atoms with E-state index in [1.54, 1.807) is 7.11 Å². The lowest BCUT2D eigenvalue weighted by atomic mass is 10.1. The summed E-state index contributed by atoms with van der Waals surface area (Å²) in [6.07, 6.45) is 1.44. The molecule has 0 aliphatic rings. The second-order valence-electron chi connectivity index (χ2n) is 7.96. The van der Waals surface area contributed by atoms with Crippen LogP contribution >= 0.6 is 11.6 Å². The predicted octanol–water partition coefficient (Wildman–Crippen LogP) is 6.92. The number of methoxy groups -OCH3 is 1. The number of anilines is 2. The lowest BCUT2D eigenvalue weighted by Crippen LogP contribution is -1.96. The summed E-state index contributed by atoms with van der Waals surface area (Å²) in [7, 11) is 3.66. The van der Waals surface area contributed by atoms with Crippen molar-refractivity contribution in [3.8, 4) is 28.5 Å². The molecule has 5 aromatic rings. The molecule has 7 heteroatoms. The molecule has 0 radical (unpaired) electrons. The van der Waals surface area contributed by atoms with Gasteiger partial charge in [0.15, 0.2) is 12.2 Å². The SMILES string of the molecule is COc1cc(Nc2cc(C)cc3c2nc(-c2ccccc2Cl)n3C)ccc1-c1ocnc1C. The second-order valence-corrected chi connectivity index (χ2v) is 8.37. The van der Waals surface area contributed by atoms with E-state index >= 15 is 0 Å². The average Bonchev–Trinajstić information content (AvgIpc) is 3.37. The van der Waals surface area contributed by atoms with Crippen molar-refractivity contribution in [3.63, 3.8) is 0 Å². The topological polar surface area (TPSA) is 65.1 Å². The molecule has 166 valence electrons. The maximum absolute atomic E-state index is 6.47. The molecule has 1 N–H and O–H groups in total. The van der Waals surface area contributed by atoms with Gasteiger partial charge in [0.1, 0.15) is 17.1 Å². The molecule has 0 bridgehead atoms. The van der Waals surface area contributed by atoms with Crippen LogP contribution in [0.5, 0.6) is 5.75 Å². The number of nitrogens with one attached hydrogen (secondary N) is 1. The minimum atomic E-state index is 0.671. The van der Waals surface area contributed by atoms with Gasteiger partial charge in [-0.3, -0.25) is 0 Å². The molecule has 0 saturated heterocycles. The first-order valence-corrected chi connectivity index (χ1v) is 10.9. The summed E-state index contributed by atoms with van der Waals surface area (Å²) in [5, 5.41) is 4.19. The zero-order valence-electron chi connectivity index (χ0n) is 18.8. The van der Waals surface area contributed by atoms with Gasteiger partial charge >= 0.3 is 0 Å². The second kappa shape index (κ2) is 8.30. The molecule has 33 heavy (non-hydrogen) atoms. The van der Waals surface area contributed by atoms with E-state index in [0.29, 0.717) is 16.5 Å². The molecule has 0 saturated carbocycles. The predicted molar refractivity (Wildman–Crippen MR) is 132 cm³/mol. The normalized spacial score (nSPS) is 11.2. The van der Waals surface area contributed by atoms with Gasteiger partial charge in [-0.2, -0.15) is 0 Å².